The Morgan fingerprint density at radius 1 is 1.27 bits per heavy atom. The van der Waals surface area contributed by atoms with Gasteiger partial charge in [-0.1, -0.05) is 32.9 Å². The molecule has 2 nitrogen and oxygen atoms in total. The van der Waals surface area contributed by atoms with Gasteiger partial charge >= 0.3 is 0 Å². The van der Waals surface area contributed by atoms with E-state index in [1.165, 1.54) is 0 Å². The van der Waals surface area contributed by atoms with E-state index < -0.39 is 0 Å². The van der Waals surface area contributed by atoms with Gasteiger partial charge in [0.15, 0.2) is 0 Å². The van der Waals surface area contributed by atoms with Gasteiger partial charge in [-0.3, -0.25) is 0 Å². The summed E-state index contributed by atoms with van der Waals surface area (Å²) >= 11 is 0. The van der Waals surface area contributed by atoms with Crippen molar-refractivity contribution in [2.75, 3.05) is 6.61 Å². The molecule has 2 heteroatoms. The second-order valence-corrected chi connectivity index (χ2v) is 3.58. The van der Waals surface area contributed by atoms with E-state index in [0.29, 0.717) is 18.4 Å². The molecular formula is C9H19NO. The monoisotopic (exact) mass is 157 g/mol. The van der Waals surface area contributed by atoms with Crippen molar-refractivity contribution in [3.05, 3.63) is 0 Å². The lowest BCUT2D eigenvalue weighted by Crippen LogP contribution is -2.05. The fourth-order valence-electron chi connectivity index (χ4n) is 0.394. The lowest BCUT2D eigenvalue weighted by atomic mass is 10.1. The third-order valence-corrected chi connectivity index (χ3v) is 1.45. The Morgan fingerprint density at radius 3 is 2.18 bits per heavy atom. The summed E-state index contributed by atoms with van der Waals surface area (Å²) in [6.07, 6.45) is 0. The Kier molecular flexibility index (Phi) is 4.92. The fraction of sp³-hybridized carbons (Fsp3) is 0.889. The Morgan fingerprint density at radius 2 is 1.82 bits per heavy atom. The van der Waals surface area contributed by atoms with Gasteiger partial charge < -0.3 is 4.84 Å². The van der Waals surface area contributed by atoms with Gasteiger partial charge in [0.1, 0.15) is 6.61 Å². The van der Waals surface area contributed by atoms with Gasteiger partial charge in [0, 0.05) is 0 Å². The Balaban J connectivity index is 3.57. The van der Waals surface area contributed by atoms with Crippen LogP contribution in [0.1, 0.15) is 34.6 Å². The molecule has 0 aliphatic rings. The first-order valence-corrected chi connectivity index (χ1v) is 4.20. The van der Waals surface area contributed by atoms with Crippen molar-refractivity contribution >= 4 is 5.71 Å². The highest BCUT2D eigenvalue weighted by molar-refractivity contribution is 5.83. The molecule has 0 N–H and O–H groups in total. The molecule has 66 valence electrons. The maximum Gasteiger partial charge on any atom is 0.119 e. The van der Waals surface area contributed by atoms with E-state index in [4.69, 9.17) is 4.84 Å². The zero-order valence-corrected chi connectivity index (χ0v) is 8.22. The third-order valence-electron chi connectivity index (χ3n) is 1.45. The summed E-state index contributed by atoms with van der Waals surface area (Å²) < 4.78 is 0. The van der Waals surface area contributed by atoms with Crippen molar-refractivity contribution in [2.24, 2.45) is 17.0 Å². The Hall–Kier alpha value is -0.530. The minimum absolute atomic E-state index is 0.488. The van der Waals surface area contributed by atoms with Crippen LogP contribution in [-0.2, 0) is 4.84 Å². The zero-order valence-electron chi connectivity index (χ0n) is 8.22. The smallest absolute Gasteiger partial charge is 0.119 e. The van der Waals surface area contributed by atoms with Crippen molar-refractivity contribution < 1.29 is 4.84 Å². The van der Waals surface area contributed by atoms with Crippen LogP contribution in [0.15, 0.2) is 5.16 Å². The highest BCUT2D eigenvalue weighted by atomic mass is 16.6. The van der Waals surface area contributed by atoms with Gasteiger partial charge in [-0.15, -0.1) is 0 Å². The van der Waals surface area contributed by atoms with Crippen molar-refractivity contribution in [3.8, 4) is 0 Å². The Bertz CT molecular complexity index is 128. The summed E-state index contributed by atoms with van der Waals surface area (Å²) in [5, 5.41) is 3.98. The number of hydrogen-bond acceptors (Lipinski definition) is 2. The molecule has 0 fully saturated rings. The molecule has 0 aromatic carbocycles. The average molecular weight is 157 g/mol. The molecule has 0 unspecified atom stereocenters. The topological polar surface area (TPSA) is 21.6 Å². The third kappa shape index (κ3) is 5.89. The number of oxime groups is 1. The first-order chi connectivity index (χ1) is 5.04. The minimum atomic E-state index is 0.488. The highest BCUT2D eigenvalue weighted by Gasteiger charge is 1.98. The molecule has 0 amide bonds. The minimum Gasteiger partial charge on any atom is -0.396 e. The van der Waals surface area contributed by atoms with Crippen LogP contribution < -0.4 is 0 Å². The second kappa shape index (κ2) is 5.16. The van der Waals surface area contributed by atoms with E-state index in [2.05, 4.69) is 32.9 Å². The molecule has 0 spiro atoms. The first kappa shape index (κ1) is 10.5. The summed E-state index contributed by atoms with van der Waals surface area (Å²) in [7, 11) is 0. The van der Waals surface area contributed by atoms with Gasteiger partial charge in [-0.2, -0.15) is 0 Å². The second-order valence-electron chi connectivity index (χ2n) is 3.58. The first-order valence-electron chi connectivity index (χ1n) is 4.20. The summed E-state index contributed by atoms with van der Waals surface area (Å²) in [5.41, 5.74) is 1.06. The van der Waals surface area contributed by atoms with Crippen LogP contribution in [0.2, 0.25) is 0 Å². The summed E-state index contributed by atoms with van der Waals surface area (Å²) in [6, 6.07) is 0. The quantitative estimate of drug-likeness (QED) is 0.454. The van der Waals surface area contributed by atoms with Crippen LogP contribution >= 0.6 is 0 Å². The molecule has 0 saturated heterocycles. The van der Waals surface area contributed by atoms with Crippen LogP contribution in [0, 0.1) is 11.8 Å². The average Bonchev–Trinajstić information content (AvgIpc) is 1.86. The maximum absolute atomic E-state index is 5.11. The van der Waals surface area contributed by atoms with Gasteiger partial charge in [0.05, 0.1) is 5.71 Å². The van der Waals surface area contributed by atoms with Crippen molar-refractivity contribution in [2.45, 2.75) is 34.6 Å². The predicted molar refractivity (Wildman–Crippen MR) is 48.7 cm³/mol. The molecule has 11 heavy (non-hydrogen) atoms. The van der Waals surface area contributed by atoms with Crippen LogP contribution in [-0.4, -0.2) is 12.3 Å². The predicted octanol–water partition coefficient (Wildman–Crippen LogP) is 2.69. The lowest BCUT2D eigenvalue weighted by Gasteiger charge is -2.05. The summed E-state index contributed by atoms with van der Waals surface area (Å²) in [4.78, 5) is 5.11. The van der Waals surface area contributed by atoms with E-state index >= 15 is 0 Å². The van der Waals surface area contributed by atoms with Crippen molar-refractivity contribution in [1.82, 2.24) is 0 Å². The maximum atomic E-state index is 5.11. The molecule has 0 aliphatic carbocycles. The van der Waals surface area contributed by atoms with E-state index in [1.807, 2.05) is 6.92 Å². The largest absolute Gasteiger partial charge is 0.396 e. The number of hydrogen-bond donors (Lipinski definition) is 0. The number of rotatable bonds is 4. The van der Waals surface area contributed by atoms with Gasteiger partial charge in [-0.25, -0.2) is 0 Å². The molecule has 0 aliphatic heterocycles. The fourth-order valence-corrected chi connectivity index (χ4v) is 0.394. The molecule has 0 radical (unpaired) electrons. The summed E-state index contributed by atoms with van der Waals surface area (Å²) in [6.45, 7) is 11.1. The van der Waals surface area contributed by atoms with E-state index in [0.717, 1.165) is 5.71 Å². The van der Waals surface area contributed by atoms with Crippen LogP contribution in [0.4, 0.5) is 0 Å². The normalized spacial score (nSPS) is 12.8. The summed E-state index contributed by atoms with van der Waals surface area (Å²) in [5.74, 6) is 1.04. The lowest BCUT2D eigenvalue weighted by molar-refractivity contribution is 0.117. The van der Waals surface area contributed by atoms with E-state index in [-0.39, 0.29) is 0 Å². The number of nitrogens with zero attached hydrogens (tertiary/aromatic N) is 1. The molecule has 0 rings (SSSR count). The van der Waals surface area contributed by atoms with E-state index in [1.54, 1.807) is 0 Å². The van der Waals surface area contributed by atoms with Crippen LogP contribution in [0.3, 0.4) is 0 Å². The Labute approximate surface area is 69.6 Å². The van der Waals surface area contributed by atoms with Crippen molar-refractivity contribution in [1.29, 1.82) is 0 Å². The molecule has 0 aromatic heterocycles. The molecular weight excluding hydrogens is 138 g/mol. The molecule has 0 atom stereocenters. The molecule has 0 aromatic rings. The van der Waals surface area contributed by atoms with E-state index in [9.17, 15) is 0 Å². The van der Waals surface area contributed by atoms with Crippen LogP contribution in [0.25, 0.3) is 0 Å². The van der Waals surface area contributed by atoms with Crippen LogP contribution in [0.5, 0.6) is 0 Å². The standard InChI is InChI=1S/C9H19NO/c1-7(2)6-11-10-9(5)8(3)4/h7-8H,6H2,1-5H3. The molecule has 0 saturated carbocycles. The van der Waals surface area contributed by atoms with Crippen molar-refractivity contribution in [3.63, 3.8) is 0 Å². The zero-order chi connectivity index (χ0) is 8.85. The van der Waals surface area contributed by atoms with Gasteiger partial charge in [0.2, 0.25) is 0 Å². The van der Waals surface area contributed by atoms with Gasteiger partial charge in [-0.05, 0) is 18.8 Å². The molecule has 0 bridgehead atoms. The highest BCUT2D eigenvalue weighted by Crippen LogP contribution is 1.98. The molecule has 0 heterocycles. The van der Waals surface area contributed by atoms with Gasteiger partial charge in [0.25, 0.3) is 0 Å². The SMILES string of the molecule is CC(=NOCC(C)C)C(C)C.